The van der Waals surface area contributed by atoms with E-state index in [4.69, 9.17) is 4.42 Å². The molecule has 0 saturated carbocycles. The second-order valence-corrected chi connectivity index (χ2v) is 7.44. The number of halogens is 3. The van der Waals surface area contributed by atoms with Crippen LogP contribution in [0.3, 0.4) is 0 Å². The van der Waals surface area contributed by atoms with Crippen LogP contribution in [0.2, 0.25) is 0 Å². The number of aromatic nitrogens is 2. The van der Waals surface area contributed by atoms with Crippen molar-refractivity contribution in [2.24, 2.45) is 0 Å². The molecule has 2 aromatic heterocycles. The molecule has 1 aromatic carbocycles. The van der Waals surface area contributed by atoms with Crippen molar-refractivity contribution in [2.75, 3.05) is 43.4 Å². The SMILES string of the molecule is CN1CCN(c2ccc(NC(=O)c3ccc(Cn4cccn4)o3)c(C(F)(F)F)c2)CC1. The van der Waals surface area contributed by atoms with E-state index in [0.717, 1.165) is 19.2 Å². The molecule has 0 bridgehead atoms. The van der Waals surface area contributed by atoms with Gasteiger partial charge in [0.25, 0.3) is 5.91 Å². The number of rotatable bonds is 5. The van der Waals surface area contributed by atoms with Crippen molar-refractivity contribution in [1.82, 2.24) is 14.7 Å². The van der Waals surface area contributed by atoms with E-state index < -0.39 is 17.6 Å². The van der Waals surface area contributed by atoms with Crippen molar-refractivity contribution in [3.05, 3.63) is 65.9 Å². The molecule has 0 atom stereocenters. The summed E-state index contributed by atoms with van der Waals surface area (Å²) in [6.45, 7) is 3.15. The van der Waals surface area contributed by atoms with Gasteiger partial charge >= 0.3 is 6.18 Å². The minimum absolute atomic E-state index is 0.0709. The highest BCUT2D eigenvalue weighted by Crippen LogP contribution is 2.37. The third-order valence-electron chi connectivity index (χ3n) is 5.19. The monoisotopic (exact) mass is 433 g/mol. The molecule has 1 aliphatic rings. The molecule has 1 N–H and O–H groups in total. The summed E-state index contributed by atoms with van der Waals surface area (Å²) < 4.78 is 48.2. The van der Waals surface area contributed by atoms with E-state index in [0.29, 0.717) is 31.1 Å². The van der Waals surface area contributed by atoms with E-state index in [2.05, 4.69) is 15.3 Å². The van der Waals surface area contributed by atoms with E-state index in [1.807, 2.05) is 11.9 Å². The quantitative estimate of drug-likeness (QED) is 0.667. The lowest BCUT2D eigenvalue weighted by Gasteiger charge is -2.34. The number of nitrogens with one attached hydrogen (secondary N) is 1. The number of anilines is 2. The Kier molecular flexibility index (Phi) is 5.73. The first kappa shape index (κ1) is 21.0. The summed E-state index contributed by atoms with van der Waals surface area (Å²) in [7, 11) is 1.98. The van der Waals surface area contributed by atoms with Crippen molar-refractivity contribution in [2.45, 2.75) is 12.7 Å². The van der Waals surface area contributed by atoms with Gasteiger partial charge in [-0.15, -0.1) is 0 Å². The number of amides is 1. The summed E-state index contributed by atoms with van der Waals surface area (Å²) in [4.78, 5) is 16.6. The highest BCUT2D eigenvalue weighted by molar-refractivity contribution is 6.02. The molecule has 0 radical (unpaired) electrons. The first-order chi connectivity index (χ1) is 14.8. The third-order valence-corrected chi connectivity index (χ3v) is 5.19. The van der Waals surface area contributed by atoms with Gasteiger partial charge in [0, 0.05) is 44.3 Å². The number of hydrogen-bond donors (Lipinski definition) is 1. The molecule has 164 valence electrons. The molecule has 3 heterocycles. The zero-order valence-corrected chi connectivity index (χ0v) is 16.9. The molecule has 7 nitrogen and oxygen atoms in total. The van der Waals surface area contributed by atoms with Crippen LogP contribution < -0.4 is 10.2 Å². The zero-order chi connectivity index (χ0) is 22.0. The Morgan fingerprint density at radius 3 is 2.61 bits per heavy atom. The van der Waals surface area contributed by atoms with Gasteiger partial charge in [0.05, 0.1) is 17.8 Å². The molecular formula is C21H22F3N5O2. The maximum absolute atomic E-state index is 13.7. The van der Waals surface area contributed by atoms with E-state index in [-0.39, 0.29) is 11.4 Å². The van der Waals surface area contributed by atoms with Crippen molar-refractivity contribution in [1.29, 1.82) is 0 Å². The minimum atomic E-state index is -4.61. The average Bonchev–Trinajstić information content (AvgIpc) is 3.41. The van der Waals surface area contributed by atoms with Gasteiger partial charge in [0.1, 0.15) is 5.76 Å². The molecule has 10 heteroatoms. The van der Waals surface area contributed by atoms with Gasteiger partial charge in [-0.05, 0) is 43.4 Å². The lowest BCUT2D eigenvalue weighted by Crippen LogP contribution is -2.44. The van der Waals surface area contributed by atoms with Crippen LogP contribution in [0.25, 0.3) is 0 Å². The third kappa shape index (κ3) is 4.91. The van der Waals surface area contributed by atoms with Gasteiger partial charge < -0.3 is 19.5 Å². The van der Waals surface area contributed by atoms with Crippen LogP contribution in [0.15, 0.2) is 53.2 Å². The fourth-order valence-electron chi connectivity index (χ4n) is 3.46. The van der Waals surface area contributed by atoms with E-state index in [1.54, 1.807) is 35.3 Å². The van der Waals surface area contributed by atoms with Crippen molar-refractivity contribution in [3.8, 4) is 0 Å². The summed E-state index contributed by atoms with van der Waals surface area (Å²) in [6.07, 6.45) is -1.26. The maximum Gasteiger partial charge on any atom is 0.418 e. The Morgan fingerprint density at radius 2 is 1.94 bits per heavy atom. The maximum atomic E-state index is 13.7. The Morgan fingerprint density at radius 1 is 1.16 bits per heavy atom. The molecule has 31 heavy (non-hydrogen) atoms. The number of carbonyl (C=O) groups excluding carboxylic acids is 1. The van der Waals surface area contributed by atoms with Gasteiger partial charge in [-0.3, -0.25) is 9.48 Å². The number of carbonyl (C=O) groups is 1. The van der Waals surface area contributed by atoms with Crippen LogP contribution >= 0.6 is 0 Å². The molecule has 1 aliphatic heterocycles. The molecule has 1 fully saturated rings. The van der Waals surface area contributed by atoms with Crippen LogP contribution in [0.4, 0.5) is 24.5 Å². The fraction of sp³-hybridized carbons (Fsp3) is 0.333. The largest absolute Gasteiger partial charge is 0.454 e. The lowest BCUT2D eigenvalue weighted by atomic mass is 10.1. The van der Waals surface area contributed by atoms with Crippen molar-refractivity contribution < 1.29 is 22.4 Å². The second-order valence-electron chi connectivity index (χ2n) is 7.44. The standard InChI is InChI=1S/C21H22F3N5O2/c1-27-9-11-28(12-10-27)15-3-5-18(17(13-15)21(22,23)24)26-20(30)19-6-4-16(31-19)14-29-8-2-7-25-29/h2-8,13H,9-12,14H2,1H3,(H,26,30). The molecule has 0 aliphatic carbocycles. The number of benzene rings is 1. The van der Waals surface area contributed by atoms with Crippen LogP contribution in [0.1, 0.15) is 21.9 Å². The number of nitrogens with zero attached hydrogens (tertiary/aromatic N) is 4. The van der Waals surface area contributed by atoms with Crippen molar-refractivity contribution in [3.63, 3.8) is 0 Å². The van der Waals surface area contributed by atoms with E-state index in [1.165, 1.54) is 12.1 Å². The van der Waals surface area contributed by atoms with Gasteiger partial charge in [-0.25, -0.2) is 0 Å². The Balaban J connectivity index is 1.52. The minimum Gasteiger partial charge on any atom is -0.454 e. The van der Waals surface area contributed by atoms with Crippen LogP contribution in [-0.2, 0) is 12.7 Å². The molecule has 4 rings (SSSR count). The first-order valence-corrected chi connectivity index (χ1v) is 9.82. The van der Waals surface area contributed by atoms with Gasteiger partial charge in [-0.2, -0.15) is 18.3 Å². The second kappa shape index (κ2) is 8.46. The summed E-state index contributed by atoms with van der Waals surface area (Å²) in [5, 5.41) is 6.39. The van der Waals surface area contributed by atoms with Crippen LogP contribution in [-0.4, -0.2) is 53.8 Å². The summed E-state index contributed by atoms with van der Waals surface area (Å²) in [6, 6.07) is 8.76. The lowest BCUT2D eigenvalue weighted by molar-refractivity contribution is -0.136. The number of furan rings is 1. The van der Waals surface area contributed by atoms with E-state index >= 15 is 0 Å². The normalized spacial score (nSPS) is 15.3. The highest BCUT2D eigenvalue weighted by Gasteiger charge is 2.35. The molecule has 0 unspecified atom stereocenters. The number of hydrogen-bond acceptors (Lipinski definition) is 5. The average molecular weight is 433 g/mol. The van der Waals surface area contributed by atoms with Crippen LogP contribution in [0.5, 0.6) is 0 Å². The first-order valence-electron chi connectivity index (χ1n) is 9.82. The number of likely N-dealkylation sites (N-methyl/N-ethyl adjacent to an activating group) is 1. The molecule has 3 aromatic rings. The number of piperazine rings is 1. The van der Waals surface area contributed by atoms with Gasteiger partial charge in [0.2, 0.25) is 0 Å². The van der Waals surface area contributed by atoms with Gasteiger partial charge in [-0.1, -0.05) is 0 Å². The summed E-state index contributed by atoms with van der Waals surface area (Å²) >= 11 is 0. The summed E-state index contributed by atoms with van der Waals surface area (Å²) in [5.41, 5.74) is -0.709. The zero-order valence-electron chi connectivity index (χ0n) is 16.9. The predicted molar refractivity (Wildman–Crippen MR) is 109 cm³/mol. The van der Waals surface area contributed by atoms with Crippen molar-refractivity contribution >= 4 is 17.3 Å². The molecule has 0 spiro atoms. The molecule has 1 saturated heterocycles. The fourth-order valence-corrected chi connectivity index (χ4v) is 3.46. The Bertz CT molecular complexity index is 1040. The highest BCUT2D eigenvalue weighted by atomic mass is 19.4. The Labute approximate surface area is 177 Å². The topological polar surface area (TPSA) is 66.5 Å². The molecular weight excluding hydrogens is 411 g/mol. The smallest absolute Gasteiger partial charge is 0.418 e. The molecule has 1 amide bonds. The Hall–Kier alpha value is -3.27. The van der Waals surface area contributed by atoms with Gasteiger partial charge in [0.15, 0.2) is 5.76 Å². The number of alkyl halides is 3. The van der Waals surface area contributed by atoms with Crippen LogP contribution in [0, 0.1) is 0 Å². The van der Waals surface area contributed by atoms with E-state index in [9.17, 15) is 18.0 Å². The predicted octanol–water partition coefficient (Wildman–Crippen LogP) is 3.55. The summed E-state index contributed by atoms with van der Waals surface area (Å²) in [5.74, 6) is -0.349.